The molecular weight excluding hydrogens is 290 g/mol. The number of anilines is 1. The lowest BCUT2D eigenvalue weighted by Gasteiger charge is -2.31. The van der Waals surface area contributed by atoms with Crippen LogP contribution < -0.4 is 10.6 Å². The average molecular weight is 317 g/mol. The van der Waals surface area contributed by atoms with Crippen LogP contribution in [0.2, 0.25) is 0 Å². The van der Waals surface area contributed by atoms with Crippen molar-refractivity contribution in [3.8, 4) is 0 Å². The third-order valence-electron chi connectivity index (χ3n) is 4.31. The van der Waals surface area contributed by atoms with Crippen LogP contribution in [0.25, 0.3) is 0 Å². The molecule has 0 spiro atoms. The molecule has 1 aliphatic rings. The second-order valence-electron chi connectivity index (χ2n) is 6.21. The predicted octanol–water partition coefficient (Wildman–Crippen LogP) is 2.15. The smallest absolute Gasteiger partial charge is 0.238 e. The average Bonchev–Trinajstić information content (AvgIpc) is 2.54. The minimum Gasteiger partial charge on any atom is -0.325 e. The zero-order valence-corrected chi connectivity index (χ0v) is 14.1. The van der Waals surface area contributed by atoms with Gasteiger partial charge in [-0.05, 0) is 64.0 Å². The van der Waals surface area contributed by atoms with E-state index in [0.717, 1.165) is 44.9 Å². The zero-order valence-electron chi connectivity index (χ0n) is 14.1. The van der Waals surface area contributed by atoms with E-state index in [9.17, 15) is 9.59 Å². The van der Waals surface area contributed by atoms with Gasteiger partial charge in [-0.15, -0.1) is 0 Å². The van der Waals surface area contributed by atoms with Crippen LogP contribution in [0.1, 0.15) is 37.0 Å². The third kappa shape index (κ3) is 5.77. The van der Waals surface area contributed by atoms with Crippen molar-refractivity contribution in [2.75, 3.05) is 38.0 Å². The van der Waals surface area contributed by atoms with E-state index < -0.39 is 0 Å². The molecule has 0 aliphatic carbocycles. The maximum Gasteiger partial charge on any atom is 0.238 e. The van der Waals surface area contributed by atoms with Crippen LogP contribution in [0.5, 0.6) is 0 Å². The van der Waals surface area contributed by atoms with Crippen molar-refractivity contribution in [1.29, 1.82) is 0 Å². The maximum absolute atomic E-state index is 12.2. The maximum atomic E-state index is 12.2. The number of nitrogens with one attached hydrogen (secondary N) is 2. The Morgan fingerprint density at radius 1 is 1.26 bits per heavy atom. The Bertz CT molecular complexity index is 537. The summed E-state index contributed by atoms with van der Waals surface area (Å²) in [4.78, 5) is 25.7. The molecule has 1 heterocycles. The number of rotatable bonds is 7. The summed E-state index contributed by atoms with van der Waals surface area (Å²) in [6.45, 7) is 8.10. The van der Waals surface area contributed by atoms with Crippen LogP contribution in [0.15, 0.2) is 24.3 Å². The van der Waals surface area contributed by atoms with Gasteiger partial charge in [0.05, 0.1) is 6.54 Å². The van der Waals surface area contributed by atoms with E-state index in [1.54, 1.807) is 18.2 Å². The molecule has 1 aliphatic heterocycles. The molecule has 5 nitrogen and oxygen atoms in total. The molecular formula is C18H27N3O2. The van der Waals surface area contributed by atoms with Gasteiger partial charge in [-0.3, -0.25) is 14.5 Å². The number of carbonyl (C=O) groups is 2. The number of carbonyl (C=O) groups excluding carboxylic acids is 2. The molecule has 2 N–H and O–H groups in total. The van der Waals surface area contributed by atoms with Gasteiger partial charge in [0.25, 0.3) is 0 Å². The van der Waals surface area contributed by atoms with Crippen molar-refractivity contribution in [3.63, 3.8) is 0 Å². The molecule has 5 heteroatoms. The lowest BCUT2D eigenvalue weighted by molar-refractivity contribution is -0.117. The largest absolute Gasteiger partial charge is 0.325 e. The summed E-state index contributed by atoms with van der Waals surface area (Å²) in [6, 6.07) is 7.08. The van der Waals surface area contributed by atoms with Gasteiger partial charge in [0.15, 0.2) is 5.78 Å². The summed E-state index contributed by atoms with van der Waals surface area (Å²) in [5, 5.41) is 6.28. The normalized spacial score (nSPS) is 16.3. The number of Topliss-reactive ketones (excluding diaryl/α,β-unsaturated/α-hetero) is 1. The highest BCUT2D eigenvalue weighted by molar-refractivity contribution is 5.97. The molecule has 1 aromatic rings. The van der Waals surface area contributed by atoms with Crippen LogP contribution in [0.3, 0.4) is 0 Å². The van der Waals surface area contributed by atoms with E-state index in [1.165, 1.54) is 6.92 Å². The fourth-order valence-electron chi connectivity index (χ4n) is 2.92. The number of amides is 1. The van der Waals surface area contributed by atoms with E-state index in [0.29, 0.717) is 17.8 Å². The first-order valence-corrected chi connectivity index (χ1v) is 8.42. The minimum atomic E-state index is -0.0177. The Balaban J connectivity index is 1.77. The van der Waals surface area contributed by atoms with E-state index in [1.807, 2.05) is 6.07 Å². The summed E-state index contributed by atoms with van der Waals surface area (Å²) >= 11 is 0. The molecule has 1 saturated heterocycles. The topological polar surface area (TPSA) is 61.4 Å². The van der Waals surface area contributed by atoms with Gasteiger partial charge < -0.3 is 10.6 Å². The molecule has 0 unspecified atom stereocenters. The second kappa shape index (κ2) is 8.79. The first-order valence-electron chi connectivity index (χ1n) is 8.42. The molecule has 2 rings (SSSR count). The van der Waals surface area contributed by atoms with Crippen LogP contribution in [-0.4, -0.2) is 49.3 Å². The molecule has 0 saturated carbocycles. The van der Waals surface area contributed by atoms with E-state index >= 15 is 0 Å². The number of ketones is 1. The molecule has 126 valence electrons. The number of hydrogen-bond donors (Lipinski definition) is 2. The summed E-state index contributed by atoms with van der Waals surface area (Å²) < 4.78 is 0. The van der Waals surface area contributed by atoms with Crippen LogP contribution >= 0.6 is 0 Å². The first-order chi connectivity index (χ1) is 11.1. The summed E-state index contributed by atoms with van der Waals surface area (Å²) in [6.07, 6.45) is 2.28. The van der Waals surface area contributed by atoms with Crippen LogP contribution in [0.4, 0.5) is 5.69 Å². The van der Waals surface area contributed by atoms with Gasteiger partial charge in [0.2, 0.25) is 5.91 Å². The van der Waals surface area contributed by atoms with Crippen molar-refractivity contribution in [2.24, 2.45) is 5.92 Å². The predicted molar refractivity (Wildman–Crippen MR) is 92.8 cm³/mol. The Kier molecular flexibility index (Phi) is 6.74. The third-order valence-corrected chi connectivity index (χ3v) is 4.31. The Morgan fingerprint density at radius 3 is 2.65 bits per heavy atom. The standard InChI is InChI=1S/C18H27N3O2/c1-3-19-12-15-7-9-21(10-8-15)13-18(23)20-17-6-4-5-16(11-17)14(2)22/h4-6,11,15,19H,3,7-10,12-13H2,1-2H3,(H,20,23). The fourth-order valence-corrected chi connectivity index (χ4v) is 2.92. The lowest BCUT2D eigenvalue weighted by atomic mass is 9.97. The number of likely N-dealkylation sites (tertiary alicyclic amines) is 1. The Morgan fingerprint density at radius 2 is 2.00 bits per heavy atom. The van der Waals surface area contributed by atoms with Crippen molar-refractivity contribution in [3.05, 3.63) is 29.8 Å². The van der Waals surface area contributed by atoms with E-state index in [2.05, 4.69) is 22.5 Å². The van der Waals surface area contributed by atoms with Gasteiger partial charge in [-0.1, -0.05) is 19.1 Å². The van der Waals surface area contributed by atoms with Crippen molar-refractivity contribution >= 4 is 17.4 Å². The Hall–Kier alpha value is -1.72. The van der Waals surface area contributed by atoms with Crippen molar-refractivity contribution < 1.29 is 9.59 Å². The van der Waals surface area contributed by atoms with E-state index in [-0.39, 0.29) is 11.7 Å². The molecule has 0 bridgehead atoms. The van der Waals surface area contributed by atoms with Crippen molar-refractivity contribution in [1.82, 2.24) is 10.2 Å². The monoisotopic (exact) mass is 317 g/mol. The summed E-state index contributed by atoms with van der Waals surface area (Å²) in [5.41, 5.74) is 1.30. The molecule has 0 atom stereocenters. The van der Waals surface area contributed by atoms with Gasteiger partial charge in [0.1, 0.15) is 0 Å². The van der Waals surface area contributed by atoms with Gasteiger partial charge >= 0.3 is 0 Å². The van der Waals surface area contributed by atoms with E-state index in [4.69, 9.17) is 0 Å². The Labute approximate surface area is 138 Å². The number of hydrogen-bond acceptors (Lipinski definition) is 4. The molecule has 1 amide bonds. The molecule has 1 aromatic carbocycles. The van der Waals surface area contributed by atoms with Gasteiger partial charge in [0, 0.05) is 11.3 Å². The quantitative estimate of drug-likeness (QED) is 0.757. The van der Waals surface area contributed by atoms with Crippen molar-refractivity contribution in [2.45, 2.75) is 26.7 Å². The van der Waals surface area contributed by atoms with Gasteiger partial charge in [-0.2, -0.15) is 0 Å². The second-order valence-corrected chi connectivity index (χ2v) is 6.21. The molecule has 23 heavy (non-hydrogen) atoms. The highest BCUT2D eigenvalue weighted by Gasteiger charge is 2.20. The number of benzene rings is 1. The van der Waals surface area contributed by atoms with Gasteiger partial charge in [-0.25, -0.2) is 0 Å². The first kappa shape index (κ1) is 17.6. The highest BCUT2D eigenvalue weighted by atomic mass is 16.2. The minimum absolute atomic E-state index is 0.00357. The summed E-state index contributed by atoms with van der Waals surface area (Å²) in [5.74, 6) is 0.709. The van der Waals surface area contributed by atoms with Crippen LogP contribution in [-0.2, 0) is 4.79 Å². The molecule has 0 aromatic heterocycles. The summed E-state index contributed by atoms with van der Waals surface area (Å²) in [7, 11) is 0. The van der Waals surface area contributed by atoms with Crippen LogP contribution in [0, 0.1) is 5.92 Å². The number of nitrogens with zero attached hydrogens (tertiary/aromatic N) is 1. The highest BCUT2D eigenvalue weighted by Crippen LogP contribution is 2.16. The fraction of sp³-hybridized carbons (Fsp3) is 0.556. The molecule has 0 radical (unpaired) electrons. The molecule has 1 fully saturated rings. The SMILES string of the molecule is CCNCC1CCN(CC(=O)Nc2cccc(C(C)=O)c2)CC1. The lowest BCUT2D eigenvalue weighted by Crippen LogP contribution is -2.41. The zero-order chi connectivity index (χ0) is 16.7. The number of piperidine rings is 1.